The van der Waals surface area contributed by atoms with Gasteiger partial charge in [-0.3, -0.25) is 14.6 Å². The summed E-state index contributed by atoms with van der Waals surface area (Å²) in [4.78, 5) is 20.2. The molecule has 5 nitrogen and oxygen atoms in total. The average molecular weight is 414 g/mol. The molecule has 0 spiro atoms. The number of ether oxygens (including phenoxy) is 1. The van der Waals surface area contributed by atoms with E-state index >= 15 is 0 Å². The molecule has 3 aliphatic heterocycles. The molecule has 3 saturated heterocycles. The summed E-state index contributed by atoms with van der Waals surface area (Å²) in [6.07, 6.45) is 5.25. The van der Waals surface area contributed by atoms with E-state index < -0.39 is 0 Å². The second-order valence-electron chi connectivity index (χ2n) is 9.59. The molecule has 0 radical (unpaired) electrons. The first kappa shape index (κ1) is 21.8. The van der Waals surface area contributed by atoms with E-state index in [1.54, 1.807) is 0 Å². The fraction of sp³-hybridized carbons (Fsp3) is 0.720. The summed E-state index contributed by atoms with van der Waals surface area (Å²) >= 11 is 0. The number of likely N-dealkylation sites (tertiary alicyclic amines) is 2. The monoisotopic (exact) mass is 413 g/mol. The lowest BCUT2D eigenvalue weighted by Gasteiger charge is -2.45. The Balaban J connectivity index is 1.36. The normalized spacial score (nSPS) is 27.3. The van der Waals surface area contributed by atoms with Crippen LogP contribution in [0.15, 0.2) is 30.3 Å². The summed E-state index contributed by atoms with van der Waals surface area (Å²) in [6, 6.07) is 11.4. The molecule has 1 aromatic carbocycles. The zero-order chi connectivity index (χ0) is 20.8. The third kappa shape index (κ3) is 5.83. The molecule has 5 heteroatoms. The molecular weight excluding hydrogens is 374 g/mol. The van der Waals surface area contributed by atoms with Gasteiger partial charge in [-0.15, -0.1) is 0 Å². The van der Waals surface area contributed by atoms with Crippen molar-refractivity contribution in [3.8, 4) is 0 Å². The molecule has 1 aromatic rings. The van der Waals surface area contributed by atoms with E-state index in [1.807, 2.05) is 0 Å². The van der Waals surface area contributed by atoms with Gasteiger partial charge in [0.15, 0.2) is 0 Å². The molecule has 0 N–H and O–H groups in total. The maximum absolute atomic E-state index is 12.9. The first-order valence-corrected chi connectivity index (χ1v) is 12.0. The van der Waals surface area contributed by atoms with Crippen LogP contribution in [0.4, 0.5) is 0 Å². The van der Waals surface area contributed by atoms with Gasteiger partial charge in [-0.2, -0.15) is 0 Å². The quantitative estimate of drug-likeness (QED) is 0.717. The first-order chi connectivity index (χ1) is 14.7. The van der Waals surface area contributed by atoms with Gasteiger partial charge in [0, 0.05) is 51.7 Å². The maximum atomic E-state index is 12.9. The zero-order valence-corrected chi connectivity index (χ0v) is 18.7. The highest BCUT2D eigenvalue weighted by Crippen LogP contribution is 2.28. The Hall–Kier alpha value is -1.43. The van der Waals surface area contributed by atoms with Gasteiger partial charge in [-0.05, 0) is 49.6 Å². The minimum atomic E-state index is 0.378. The predicted octanol–water partition coefficient (Wildman–Crippen LogP) is 3.25. The Morgan fingerprint density at radius 2 is 1.73 bits per heavy atom. The molecule has 0 aliphatic carbocycles. The minimum absolute atomic E-state index is 0.378. The SMILES string of the molecule is CC1CCN(C(=O)CC[C@@H]2CN(Cc3ccccc3)CC[C@@H]2N2CCOCC2)CC1. The van der Waals surface area contributed by atoms with Crippen LogP contribution in [0.5, 0.6) is 0 Å². The van der Waals surface area contributed by atoms with Crippen molar-refractivity contribution in [1.29, 1.82) is 0 Å². The number of rotatable bonds is 6. The Morgan fingerprint density at radius 1 is 1.00 bits per heavy atom. The van der Waals surface area contributed by atoms with Crippen LogP contribution < -0.4 is 0 Å². The standard InChI is InChI=1S/C25H39N3O2/c1-21-9-13-28(14-10-21)25(29)8-7-23-20-26(19-22-5-3-2-4-6-22)12-11-24(23)27-15-17-30-18-16-27/h2-6,21,23-24H,7-20H2,1H3/t23-,24+/m1/s1. The van der Waals surface area contributed by atoms with Crippen molar-refractivity contribution < 1.29 is 9.53 Å². The van der Waals surface area contributed by atoms with Crippen molar-refractivity contribution in [3.63, 3.8) is 0 Å². The molecule has 0 saturated carbocycles. The lowest BCUT2D eigenvalue weighted by atomic mass is 9.86. The van der Waals surface area contributed by atoms with Crippen LogP contribution >= 0.6 is 0 Å². The van der Waals surface area contributed by atoms with E-state index in [9.17, 15) is 4.79 Å². The molecule has 0 unspecified atom stereocenters. The van der Waals surface area contributed by atoms with Crippen LogP contribution in [0.1, 0.15) is 44.6 Å². The van der Waals surface area contributed by atoms with Gasteiger partial charge in [-0.25, -0.2) is 0 Å². The number of nitrogens with zero attached hydrogens (tertiary/aromatic N) is 3. The number of carbonyl (C=O) groups excluding carboxylic acids is 1. The number of hydrogen-bond acceptors (Lipinski definition) is 4. The molecule has 3 heterocycles. The minimum Gasteiger partial charge on any atom is -0.379 e. The van der Waals surface area contributed by atoms with Gasteiger partial charge >= 0.3 is 0 Å². The van der Waals surface area contributed by atoms with E-state index in [0.29, 0.717) is 24.3 Å². The van der Waals surface area contributed by atoms with E-state index in [0.717, 1.165) is 84.2 Å². The van der Waals surface area contributed by atoms with Crippen molar-refractivity contribution in [2.45, 2.75) is 51.6 Å². The largest absolute Gasteiger partial charge is 0.379 e. The molecule has 0 bridgehead atoms. The summed E-state index contributed by atoms with van der Waals surface area (Å²) in [6.45, 7) is 11.3. The molecule has 4 rings (SSSR count). The van der Waals surface area contributed by atoms with Gasteiger partial charge in [0.2, 0.25) is 5.91 Å². The summed E-state index contributed by atoms with van der Waals surface area (Å²) in [5.74, 6) is 1.71. The third-order valence-corrected chi connectivity index (χ3v) is 7.41. The number of hydrogen-bond donors (Lipinski definition) is 0. The van der Waals surface area contributed by atoms with E-state index in [-0.39, 0.29) is 0 Å². The fourth-order valence-electron chi connectivity index (χ4n) is 5.48. The maximum Gasteiger partial charge on any atom is 0.222 e. The van der Waals surface area contributed by atoms with E-state index in [1.165, 1.54) is 12.0 Å². The molecule has 0 aromatic heterocycles. The van der Waals surface area contributed by atoms with Crippen molar-refractivity contribution in [3.05, 3.63) is 35.9 Å². The first-order valence-electron chi connectivity index (χ1n) is 12.0. The van der Waals surface area contributed by atoms with Crippen LogP contribution in [0.3, 0.4) is 0 Å². The van der Waals surface area contributed by atoms with Gasteiger partial charge in [0.25, 0.3) is 0 Å². The third-order valence-electron chi connectivity index (χ3n) is 7.41. The molecule has 30 heavy (non-hydrogen) atoms. The van der Waals surface area contributed by atoms with Gasteiger partial charge < -0.3 is 9.64 Å². The number of piperidine rings is 2. The number of benzene rings is 1. The molecule has 1 amide bonds. The molecule has 3 aliphatic rings. The van der Waals surface area contributed by atoms with Crippen molar-refractivity contribution in [2.24, 2.45) is 11.8 Å². The fourth-order valence-corrected chi connectivity index (χ4v) is 5.48. The van der Waals surface area contributed by atoms with Crippen LogP contribution in [0, 0.1) is 11.8 Å². The average Bonchev–Trinajstić information content (AvgIpc) is 2.79. The highest BCUT2D eigenvalue weighted by molar-refractivity contribution is 5.76. The Kier molecular flexibility index (Phi) is 7.80. The molecule has 2 atom stereocenters. The summed E-state index contributed by atoms with van der Waals surface area (Å²) in [5, 5.41) is 0. The Morgan fingerprint density at radius 3 is 2.47 bits per heavy atom. The number of morpholine rings is 1. The number of carbonyl (C=O) groups is 1. The van der Waals surface area contributed by atoms with Crippen LogP contribution in [-0.2, 0) is 16.1 Å². The summed E-state index contributed by atoms with van der Waals surface area (Å²) in [5.41, 5.74) is 1.39. The summed E-state index contributed by atoms with van der Waals surface area (Å²) < 4.78 is 5.60. The smallest absolute Gasteiger partial charge is 0.222 e. The lowest BCUT2D eigenvalue weighted by molar-refractivity contribution is -0.133. The molecular formula is C25H39N3O2. The highest BCUT2D eigenvalue weighted by Gasteiger charge is 2.34. The van der Waals surface area contributed by atoms with Gasteiger partial charge in [0.1, 0.15) is 0 Å². The second kappa shape index (κ2) is 10.7. The van der Waals surface area contributed by atoms with Crippen molar-refractivity contribution in [2.75, 3.05) is 52.5 Å². The van der Waals surface area contributed by atoms with Crippen LogP contribution in [0.25, 0.3) is 0 Å². The Bertz CT molecular complexity index is 654. The van der Waals surface area contributed by atoms with E-state index in [4.69, 9.17) is 4.74 Å². The highest BCUT2D eigenvalue weighted by atomic mass is 16.5. The van der Waals surface area contributed by atoms with Gasteiger partial charge in [0.05, 0.1) is 13.2 Å². The second-order valence-corrected chi connectivity index (χ2v) is 9.59. The lowest BCUT2D eigenvalue weighted by Crippen LogP contribution is -2.54. The van der Waals surface area contributed by atoms with Crippen molar-refractivity contribution >= 4 is 5.91 Å². The zero-order valence-electron chi connectivity index (χ0n) is 18.7. The molecule has 166 valence electrons. The van der Waals surface area contributed by atoms with Crippen LogP contribution in [-0.4, -0.2) is 79.1 Å². The van der Waals surface area contributed by atoms with Gasteiger partial charge in [-0.1, -0.05) is 37.3 Å². The van der Waals surface area contributed by atoms with E-state index in [2.05, 4.69) is 52.0 Å². The van der Waals surface area contributed by atoms with Crippen LogP contribution in [0.2, 0.25) is 0 Å². The predicted molar refractivity (Wildman–Crippen MR) is 120 cm³/mol. The topological polar surface area (TPSA) is 36.0 Å². The molecule has 3 fully saturated rings. The van der Waals surface area contributed by atoms with Crippen molar-refractivity contribution in [1.82, 2.24) is 14.7 Å². The summed E-state index contributed by atoms with van der Waals surface area (Å²) in [7, 11) is 0. The Labute approximate surface area is 182 Å². The number of amides is 1.